The normalized spacial score (nSPS) is 13.4. The van der Waals surface area contributed by atoms with Crippen molar-refractivity contribution in [1.29, 1.82) is 0 Å². The van der Waals surface area contributed by atoms with Gasteiger partial charge in [-0.25, -0.2) is 4.79 Å². The van der Waals surface area contributed by atoms with Crippen LogP contribution in [-0.2, 0) is 20.7 Å². The van der Waals surface area contributed by atoms with Crippen molar-refractivity contribution >= 4 is 35.1 Å². The highest BCUT2D eigenvalue weighted by Crippen LogP contribution is 2.24. The monoisotopic (exact) mass is 331 g/mol. The van der Waals surface area contributed by atoms with Gasteiger partial charge >= 0.3 is 5.97 Å². The number of hydrogen-bond donors (Lipinski definition) is 1. The van der Waals surface area contributed by atoms with Gasteiger partial charge in [0.05, 0.1) is 13.5 Å². The van der Waals surface area contributed by atoms with Crippen molar-refractivity contribution in [2.24, 2.45) is 5.92 Å². The maximum atomic E-state index is 12.1. The van der Waals surface area contributed by atoms with Crippen LogP contribution in [0.2, 0.25) is 10.0 Å². The van der Waals surface area contributed by atoms with Crippen LogP contribution in [0.5, 0.6) is 0 Å². The molecule has 1 rings (SSSR count). The molecule has 0 aliphatic carbocycles. The first-order valence-corrected chi connectivity index (χ1v) is 7.46. The Kier molecular flexibility index (Phi) is 6.99. The van der Waals surface area contributed by atoms with Gasteiger partial charge in [-0.2, -0.15) is 0 Å². The molecule has 116 valence electrons. The minimum atomic E-state index is -0.672. The van der Waals surface area contributed by atoms with E-state index in [1.54, 1.807) is 18.2 Å². The van der Waals surface area contributed by atoms with Gasteiger partial charge in [-0.15, -0.1) is 0 Å². The van der Waals surface area contributed by atoms with Crippen molar-refractivity contribution in [2.75, 3.05) is 7.11 Å². The van der Waals surface area contributed by atoms with Gasteiger partial charge in [0.15, 0.2) is 0 Å². The van der Waals surface area contributed by atoms with Crippen LogP contribution < -0.4 is 5.32 Å². The maximum Gasteiger partial charge on any atom is 0.328 e. The molecule has 21 heavy (non-hydrogen) atoms. The molecule has 1 aromatic carbocycles. The predicted octanol–water partition coefficient (Wildman–Crippen LogP) is 3.24. The minimum absolute atomic E-state index is 0.0163. The Hall–Kier alpha value is -1.26. The van der Waals surface area contributed by atoms with Crippen LogP contribution in [0.1, 0.15) is 25.8 Å². The SMILES string of the molecule is CC[C@@H](C)[C@H](NC(=O)Cc1c(Cl)cccc1Cl)C(=O)OC. The summed E-state index contributed by atoms with van der Waals surface area (Å²) in [6.45, 7) is 3.82. The first kappa shape index (κ1) is 17.8. The van der Waals surface area contributed by atoms with Crippen molar-refractivity contribution < 1.29 is 14.3 Å². The van der Waals surface area contributed by atoms with Crippen LogP contribution in [0.15, 0.2) is 18.2 Å². The van der Waals surface area contributed by atoms with E-state index in [0.29, 0.717) is 15.6 Å². The standard InChI is InChI=1S/C15H19Cl2NO3/c1-4-9(2)14(15(20)21-3)18-13(19)8-10-11(16)6-5-7-12(10)17/h5-7,9,14H,4,8H2,1-3H3,(H,18,19)/t9-,14+/m1/s1. The fourth-order valence-corrected chi connectivity index (χ4v) is 2.41. The number of methoxy groups -OCH3 is 1. The molecular formula is C15H19Cl2NO3. The molecule has 0 bridgehead atoms. The van der Waals surface area contributed by atoms with Crippen LogP contribution in [-0.4, -0.2) is 25.0 Å². The molecule has 0 spiro atoms. The first-order valence-electron chi connectivity index (χ1n) is 6.70. The summed E-state index contributed by atoms with van der Waals surface area (Å²) in [5.41, 5.74) is 0.547. The molecular weight excluding hydrogens is 313 g/mol. The Labute approximate surface area is 134 Å². The van der Waals surface area contributed by atoms with Crippen LogP contribution in [0, 0.1) is 5.92 Å². The molecule has 2 atom stereocenters. The summed E-state index contributed by atoms with van der Waals surface area (Å²) >= 11 is 12.1. The lowest BCUT2D eigenvalue weighted by Crippen LogP contribution is -2.46. The smallest absolute Gasteiger partial charge is 0.328 e. The number of halogens is 2. The van der Waals surface area contributed by atoms with E-state index in [0.717, 1.165) is 6.42 Å². The molecule has 6 heteroatoms. The summed E-state index contributed by atoms with van der Waals surface area (Å²) in [4.78, 5) is 23.9. The number of nitrogens with one attached hydrogen (secondary N) is 1. The van der Waals surface area contributed by atoms with E-state index < -0.39 is 12.0 Å². The van der Waals surface area contributed by atoms with Crippen molar-refractivity contribution in [3.05, 3.63) is 33.8 Å². The summed E-state index contributed by atoms with van der Waals surface area (Å²) < 4.78 is 4.73. The molecule has 4 nitrogen and oxygen atoms in total. The van der Waals surface area contributed by atoms with Crippen molar-refractivity contribution in [3.63, 3.8) is 0 Å². The van der Waals surface area contributed by atoms with Gasteiger partial charge in [0.2, 0.25) is 5.91 Å². The largest absolute Gasteiger partial charge is 0.467 e. The molecule has 0 saturated heterocycles. The molecule has 0 aromatic heterocycles. The van der Waals surface area contributed by atoms with E-state index >= 15 is 0 Å². The third kappa shape index (κ3) is 4.90. The average molecular weight is 332 g/mol. The summed E-state index contributed by atoms with van der Waals surface area (Å²) in [6.07, 6.45) is 0.759. The Morgan fingerprint density at radius 3 is 2.33 bits per heavy atom. The zero-order valence-electron chi connectivity index (χ0n) is 12.3. The predicted molar refractivity (Wildman–Crippen MR) is 83.6 cm³/mol. The van der Waals surface area contributed by atoms with Crippen LogP contribution in [0.3, 0.4) is 0 Å². The number of benzene rings is 1. The summed E-state index contributed by atoms with van der Waals surface area (Å²) in [5.74, 6) is -0.799. The lowest BCUT2D eigenvalue weighted by atomic mass is 9.99. The molecule has 1 N–H and O–H groups in total. The molecule has 0 aliphatic heterocycles. The van der Waals surface area contributed by atoms with Gasteiger partial charge in [0, 0.05) is 10.0 Å². The second-order valence-electron chi connectivity index (χ2n) is 4.83. The molecule has 0 saturated carbocycles. The minimum Gasteiger partial charge on any atom is -0.467 e. The van der Waals surface area contributed by atoms with Crippen molar-refractivity contribution in [1.82, 2.24) is 5.32 Å². The van der Waals surface area contributed by atoms with Gasteiger partial charge in [0.1, 0.15) is 6.04 Å². The van der Waals surface area contributed by atoms with Crippen LogP contribution in [0.25, 0.3) is 0 Å². The highest BCUT2D eigenvalue weighted by molar-refractivity contribution is 6.36. The zero-order valence-corrected chi connectivity index (χ0v) is 13.8. The first-order chi connectivity index (χ1) is 9.90. The topological polar surface area (TPSA) is 55.4 Å². The van der Waals surface area contributed by atoms with Crippen molar-refractivity contribution in [3.8, 4) is 0 Å². The number of ether oxygens (including phenoxy) is 1. The summed E-state index contributed by atoms with van der Waals surface area (Å²) in [5, 5.41) is 3.54. The Morgan fingerprint density at radius 2 is 1.86 bits per heavy atom. The van der Waals surface area contributed by atoms with E-state index in [9.17, 15) is 9.59 Å². The number of rotatable bonds is 6. The summed E-state index contributed by atoms with van der Waals surface area (Å²) in [7, 11) is 1.30. The number of hydrogen-bond acceptors (Lipinski definition) is 3. The third-order valence-electron chi connectivity index (χ3n) is 3.38. The molecule has 0 heterocycles. The van der Waals surface area contributed by atoms with E-state index in [1.165, 1.54) is 7.11 Å². The molecule has 0 aliphatic rings. The molecule has 1 amide bonds. The van der Waals surface area contributed by atoms with E-state index in [-0.39, 0.29) is 18.2 Å². The fraction of sp³-hybridized carbons (Fsp3) is 0.467. The molecule has 0 unspecified atom stereocenters. The average Bonchev–Trinajstić information content (AvgIpc) is 2.47. The van der Waals surface area contributed by atoms with Gasteiger partial charge in [-0.05, 0) is 23.6 Å². The molecule has 1 aromatic rings. The van der Waals surface area contributed by atoms with Crippen LogP contribution >= 0.6 is 23.2 Å². The van der Waals surface area contributed by atoms with E-state index in [2.05, 4.69) is 5.32 Å². The number of amides is 1. The molecule has 0 fully saturated rings. The number of carbonyl (C=O) groups excluding carboxylic acids is 2. The Balaban J connectivity index is 2.81. The van der Waals surface area contributed by atoms with Gasteiger partial charge in [-0.3, -0.25) is 4.79 Å². The van der Waals surface area contributed by atoms with Gasteiger partial charge in [-0.1, -0.05) is 49.5 Å². The maximum absolute atomic E-state index is 12.1. The Bertz CT molecular complexity index is 499. The zero-order chi connectivity index (χ0) is 16.0. The number of carbonyl (C=O) groups is 2. The van der Waals surface area contributed by atoms with Crippen LogP contribution in [0.4, 0.5) is 0 Å². The quantitative estimate of drug-likeness (QED) is 0.814. The number of esters is 1. The lowest BCUT2D eigenvalue weighted by Gasteiger charge is -2.22. The van der Waals surface area contributed by atoms with Gasteiger partial charge < -0.3 is 10.1 Å². The second-order valence-corrected chi connectivity index (χ2v) is 5.65. The van der Waals surface area contributed by atoms with E-state index in [1.807, 2.05) is 13.8 Å². The highest BCUT2D eigenvalue weighted by Gasteiger charge is 2.27. The highest BCUT2D eigenvalue weighted by atomic mass is 35.5. The van der Waals surface area contributed by atoms with E-state index in [4.69, 9.17) is 27.9 Å². The lowest BCUT2D eigenvalue weighted by molar-refractivity contribution is -0.146. The Morgan fingerprint density at radius 1 is 1.29 bits per heavy atom. The van der Waals surface area contributed by atoms with Gasteiger partial charge in [0.25, 0.3) is 0 Å². The second kappa shape index (κ2) is 8.25. The van der Waals surface area contributed by atoms with Crippen molar-refractivity contribution in [2.45, 2.75) is 32.7 Å². The third-order valence-corrected chi connectivity index (χ3v) is 4.09. The fourth-order valence-electron chi connectivity index (χ4n) is 1.88. The summed E-state index contributed by atoms with van der Waals surface area (Å²) in [6, 6.07) is 4.38. The molecule has 0 radical (unpaired) electrons.